The van der Waals surface area contributed by atoms with Gasteiger partial charge in [-0.2, -0.15) is 13.2 Å². The second-order valence-electron chi connectivity index (χ2n) is 5.78. The number of carbonyl (C=O) groups is 1. The molecule has 0 spiro atoms. The predicted octanol–water partition coefficient (Wildman–Crippen LogP) is 5.31. The molecule has 1 amide bonds. The van der Waals surface area contributed by atoms with Gasteiger partial charge in [0.25, 0.3) is 0 Å². The first-order valence-corrected chi connectivity index (χ1v) is 8.31. The highest BCUT2D eigenvalue weighted by Crippen LogP contribution is 2.41. The smallest absolute Gasteiger partial charge is 0.417 e. The molecule has 2 aromatic rings. The second-order valence-corrected chi connectivity index (χ2v) is 6.16. The van der Waals surface area contributed by atoms with E-state index in [1.54, 1.807) is 18.2 Å². The first kappa shape index (κ1) is 19.0. The Labute approximate surface area is 157 Å². The molecule has 1 aromatic carbocycles. The van der Waals surface area contributed by atoms with E-state index >= 15 is 0 Å². The summed E-state index contributed by atoms with van der Waals surface area (Å²) in [6.07, 6.45) is -1.99. The van der Waals surface area contributed by atoms with Crippen molar-refractivity contribution in [3.63, 3.8) is 0 Å². The van der Waals surface area contributed by atoms with E-state index in [0.29, 0.717) is 18.5 Å². The Kier molecular flexibility index (Phi) is 5.27. The van der Waals surface area contributed by atoms with Gasteiger partial charge in [0.05, 0.1) is 10.6 Å². The number of rotatable bonds is 3. The lowest BCUT2D eigenvalue weighted by Crippen LogP contribution is -2.33. The maximum absolute atomic E-state index is 13.0. The van der Waals surface area contributed by atoms with Crippen LogP contribution in [0.15, 0.2) is 42.6 Å². The van der Waals surface area contributed by atoms with Gasteiger partial charge in [-0.05, 0) is 36.3 Å². The third-order valence-corrected chi connectivity index (χ3v) is 4.46. The lowest BCUT2D eigenvalue weighted by atomic mass is 10.0. The quantitative estimate of drug-likeness (QED) is 0.760. The second kappa shape index (κ2) is 7.48. The highest BCUT2D eigenvalue weighted by molar-refractivity contribution is 6.32. The van der Waals surface area contributed by atoms with Crippen LogP contribution in [-0.2, 0) is 6.18 Å². The number of aromatic nitrogens is 1. The maximum Gasteiger partial charge on any atom is 0.417 e. The summed E-state index contributed by atoms with van der Waals surface area (Å²) in [5.41, 5.74) is 0.392. The standard InChI is InChI=1S/C18H14ClF3N2O3/c19-15-13(18(20,21)22)4-1-5-14(15)27-16-12(3-2-8-23-16)11-6-9-24(10-7-11)17(25)26/h1-6,8H,7,9-10H2,(H,25,26). The highest BCUT2D eigenvalue weighted by Gasteiger charge is 2.34. The van der Waals surface area contributed by atoms with Crippen LogP contribution in [0.5, 0.6) is 11.6 Å². The lowest BCUT2D eigenvalue weighted by Gasteiger charge is -2.24. The van der Waals surface area contributed by atoms with Crippen LogP contribution in [0.3, 0.4) is 0 Å². The number of halogens is 4. The average molecular weight is 399 g/mol. The molecule has 0 aliphatic carbocycles. The monoisotopic (exact) mass is 398 g/mol. The minimum absolute atomic E-state index is 0.105. The number of pyridine rings is 1. The summed E-state index contributed by atoms with van der Waals surface area (Å²) in [5.74, 6) is -0.0521. The molecule has 5 nitrogen and oxygen atoms in total. The fraction of sp³-hybridized carbons (Fsp3) is 0.222. The number of ether oxygens (including phenoxy) is 1. The Hall–Kier alpha value is -2.74. The third kappa shape index (κ3) is 4.16. The molecule has 1 aliphatic rings. The van der Waals surface area contributed by atoms with Crippen LogP contribution in [0.4, 0.5) is 18.0 Å². The Balaban J connectivity index is 1.92. The highest BCUT2D eigenvalue weighted by atomic mass is 35.5. The molecule has 1 aliphatic heterocycles. The molecular formula is C18H14ClF3N2O3. The van der Waals surface area contributed by atoms with Crippen molar-refractivity contribution in [2.24, 2.45) is 0 Å². The molecule has 0 atom stereocenters. The van der Waals surface area contributed by atoms with E-state index < -0.39 is 22.9 Å². The first-order chi connectivity index (χ1) is 12.8. The molecule has 1 N–H and O–H groups in total. The summed E-state index contributed by atoms with van der Waals surface area (Å²) in [6, 6.07) is 6.79. The zero-order chi connectivity index (χ0) is 19.6. The van der Waals surface area contributed by atoms with Gasteiger partial charge in [-0.3, -0.25) is 0 Å². The van der Waals surface area contributed by atoms with Crippen molar-refractivity contribution in [2.45, 2.75) is 12.6 Å². The van der Waals surface area contributed by atoms with Crippen molar-refractivity contribution in [3.05, 3.63) is 58.8 Å². The molecule has 2 heterocycles. The summed E-state index contributed by atoms with van der Waals surface area (Å²) in [5, 5.41) is 8.47. The Morgan fingerprint density at radius 2 is 2.04 bits per heavy atom. The lowest BCUT2D eigenvalue weighted by molar-refractivity contribution is -0.137. The number of alkyl halides is 3. The van der Waals surface area contributed by atoms with Crippen LogP contribution in [0.1, 0.15) is 17.5 Å². The van der Waals surface area contributed by atoms with Gasteiger partial charge in [0.1, 0.15) is 5.75 Å². The Bertz CT molecular complexity index is 900. The predicted molar refractivity (Wildman–Crippen MR) is 93.0 cm³/mol. The van der Waals surface area contributed by atoms with E-state index in [4.69, 9.17) is 21.4 Å². The summed E-state index contributed by atoms with van der Waals surface area (Å²) >= 11 is 5.88. The molecule has 27 heavy (non-hydrogen) atoms. The minimum Gasteiger partial charge on any atom is -0.465 e. The van der Waals surface area contributed by atoms with Gasteiger partial charge < -0.3 is 14.7 Å². The van der Waals surface area contributed by atoms with Gasteiger partial charge in [0, 0.05) is 24.8 Å². The molecule has 142 valence electrons. The largest absolute Gasteiger partial charge is 0.465 e. The summed E-state index contributed by atoms with van der Waals surface area (Å²) in [6.45, 7) is 0.517. The SMILES string of the molecule is O=C(O)N1CC=C(c2cccnc2Oc2cccc(C(F)(F)F)c2Cl)CC1. The molecule has 1 aromatic heterocycles. The van der Waals surface area contributed by atoms with E-state index in [2.05, 4.69) is 4.98 Å². The van der Waals surface area contributed by atoms with Crippen molar-refractivity contribution in [1.29, 1.82) is 0 Å². The fourth-order valence-electron chi connectivity index (χ4n) is 2.72. The van der Waals surface area contributed by atoms with Crippen LogP contribution < -0.4 is 4.74 Å². The Morgan fingerprint density at radius 3 is 2.67 bits per heavy atom. The van der Waals surface area contributed by atoms with Crippen molar-refractivity contribution in [1.82, 2.24) is 9.88 Å². The van der Waals surface area contributed by atoms with Gasteiger partial charge in [-0.15, -0.1) is 0 Å². The van der Waals surface area contributed by atoms with Gasteiger partial charge in [0.2, 0.25) is 5.88 Å². The number of hydrogen-bond acceptors (Lipinski definition) is 3. The number of hydrogen-bond donors (Lipinski definition) is 1. The van der Waals surface area contributed by atoms with E-state index in [0.717, 1.165) is 11.6 Å². The number of carboxylic acid groups (broad SMARTS) is 1. The van der Waals surface area contributed by atoms with E-state index in [1.807, 2.05) is 0 Å². The molecule has 0 fully saturated rings. The number of benzene rings is 1. The molecule has 9 heteroatoms. The van der Waals surface area contributed by atoms with Gasteiger partial charge in [0.15, 0.2) is 0 Å². The van der Waals surface area contributed by atoms with Crippen molar-refractivity contribution in [2.75, 3.05) is 13.1 Å². The minimum atomic E-state index is -4.60. The van der Waals surface area contributed by atoms with E-state index in [-0.39, 0.29) is 18.2 Å². The van der Waals surface area contributed by atoms with Gasteiger partial charge in [-0.25, -0.2) is 9.78 Å². The van der Waals surface area contributed by atoms with Crippen molar-refractivity contribution in [3.8, 4) is 11.6 Å². The molecule has 0 bridgehead atoms. The van der Waals surface area contributed by atoms with Crippen molar-refractivity contribution >= 4 is 23.3 Å². The summed E-state index contributed by atoms with van der Waals surface area (Å²) < 4.78 is 44.7. The maximum atomic E-state index is 13.0. The van der Waals surface area contributed by atoms with E-state index in [1.165, 1.54) is 23.2 Å². The van der Waals surface area contributed by atoms with Gasteiger partial charge >= 0.3 is 12.3 Å². The van der Waals surface area contributed by atoms with Crippen LogP contribution in [0.25, 0.3) is 5.57 Å². The molecule has 0 radical (unpaired) electrons. The number of nitrogens with zero attached hydrogens (tertiary/aromatic N) is 2. The third-order valence-electron chi connectivity index (χ3n) is 4.07. The Morgan fingerprint density at radius 1 is 1.26 bits per heavy atom. The normalized spacial score (nSPS) is 14.7. The van der Waals surface area contributed by atoms with E-state index in [9.17, 15) is 18.0 Å². The topological polar surface area (TPSA) is 62.7 Å². The molecular weight excluding hydrogens is 385 g/mol. The van der Waals surface area contributed by atoms with Crippen LogP contribution in [0.2, 0.25) is 5.02 Å². The zero-order valence-electron chi connectivity index (χ0n) is 13.8. The molecule has 0 saturated heterocycles. The first-order valence-electron chi connectivity index (χ1n) is 7.93. The fourth-order valence-corrected chi connectivity index (χ4v) is 2.99. The molecule has 0 saturated carbocycles. The van der Waals surface area contributed by atoms with Crippen LogP contribution in [-0.4, -0.2) is 34.2 Å². The van der Waals surface area contributed by atoms with Crippen LogP contribution in [0, 0.1) is 0 Å². The summed E-state index contributed by atoms with van der Waals surface area (Å²) in [7, 11) is 0. The van der Waals surface area contributed by atoms with Crippen LogP contribution >= 0.6 is 11.6 Å². The zero-order valence-corrected chi connectivity index (χ0v) is 14.6. The molecule has 3 rings (SSSR count). The molecule has 0 unspecified atom stereocenters. The van der Waals surface area contributed by atoms with Gasteiger partial charge in [-0.1, -0.05) is 23.7 Å². The summed E-state index contributed by atoms with van der Waals surface area (Å²) in [4.78, 5) is 16.4. The van der Waals surface area contributed by atoms with Crippen molar-refractivity contribution < 1.29 is 27.8 Å². The average Bonchev–Trinajstić information content (AvgIpc) is 2.63. The number of amides is 1.